The van der Waals surface area contributed by atoms with Crippen molar-refractivity contribution in [3.8, 4) is 0 Å². The molecule has 124 valence electrons. The number of methoxy groups -OCH3 is 2. The molecule has 1 aliphatic heterocycles. The quantitative estimate of drug-likeness (QED) is 0.362. The predicted octanol–water partition coefficient (Wildman–Crippen LogP) is 2.59. The van der Waals surface area contributed by atoms with Crippen LogP contribution in [0.3, 0.4) is 0 Å². The molecule has 1 heterocycles. The van der Waals surface area contributed by atoms with Crippen molar-refractivity contribution in [1.82, 2.24) is 0 Å². The van der Waals surface area contributed by atoms with Crippen molar-refractivity contribution < 1.29 is 28.2 Å². The molecule has 1 aromatic rings. The maximum absolute atomic E-state index is 13.9. The van der Waals surface area contributed by atoms with Crippen molar-refractivity contribution in [2.75, 3.05) is 32.5 Å². The van der Waals surface area contributed by atoms with E-state index >= 15 is 0 Å². The molecule has 1 aromatic carbocycles. The lowest BCUT2D eigenvalue weighted by Crippen LogP contribution is -2.39. The molecule has 0 fully saturated rings. The first-order valence-corrected chi connectivity index (χ1v) is 8.17. The Labute approximate surface area is 153 Å². The van der Waals surface area contributed by atoms with Gasteiger partial charge in [0.25, 0.3) is 0 Å². The molecule has 1 aliphatic rings. The molecular formula is C14H12BrFINO5. The molecule has 0 atom stereocenters. The normalized spacial score (nSPS) is 14.7. The molecule has 0 aliphatic carbocycles. The molecule has 0 bridgehead atoms. The lowest BCUT2D eigenvalue weighted by Gasteiger charge is -2.32. The molecule has 9 heteroatoms. The van der Waals surface area contributed by atoms with Crippen LogP contribution in [0.25, 0.3) is 0 Å². The Morgan fingerprint density at radius 1 is 1.30 bits per heavy atom. The summed E-state index contributed by atoms with van der Waals surface area (Å²) in [6, 6.07) is 2.81. The third-order valence-electron chi connectivity index (χ3n) is 3.11. The summed E-state index contributed by atoms with van der Waals surface area (Å²) in [5.74, 6) is -1.91. The number of esters is 2. The smallest absolute Gasteiger partial charge is 0.355 e. The number of halogens is 3. The van der Waals surface area contributed by atoms with Gasteiger partial charge in [0.15, 0.2) is 0 Å². The van der Waals surface area contributed by atoms with Gasteiger partial charge >= 0.3 is 11.9 Å². The molecule has 2 rings (SSSR count). The fourth-order valence-corrected chi connectivity index (χ4v) is 3.51. The largest absolute Gasteiger partial charge is 0.466 e. The molecule has 23 heavy (non-hydrogen) atoms. The maximum Gasteiger partial charge on any atom is 0.355 e. The van der Waals surface area contributed by atoms with Crippen LogP contribution < -0.4 is 4.90 Å². The minimum absolute atomic E-state index is 0.0106. The topological polar surface area (TPSA) is 65.1 Å². The third-order valence-corrected chi connectivity index (χ3v) is 4.58. The van der Waals surface area contributed by atoms with Crippen molar-refractivity contribution >= 4 is 56.1 Å². The van der Waals surface area contributed by atoms with Gasteiger partial charge in [-0.05, 0) is 50.7 Å². The van der Waals surface area contributed by atoms with E-state index in [1.165, 1.54) is 25.2 Å². The first-order chi connectivity index (χ1) is 10.9. The van der Waals surface area contributed by atoms with Gasteiger partial charge in [0.05, 0.1) is 35.7 Å². The van der Waals surface area contributed by atoms with Crippen molar-refractivity contribution in [2.45, 2.75) is 0 Å². The second kappa shape index (κ2) is 7.58. The van der Waals surface area contributed by atoms with Gasteiger partial charge in [-0.25, -0.2) is 14.0 Å². The highest BCUT2D eigenvalue weighted by atomic mass is 127. The standard InChI is InChI=1S/C14H12BrFINO5/c1-21-13(19)7-5-23-6-18(12(7)14(20)22-2)11-4-9(16)10(17)3-8(11)15/h3-4H,5-6H2,1-2H3. The molecule has 0 aromatic heterocycles. The van der Waals surface area contributed by atoms with E-state index in [2.05, 4.69) is 20.7 Å². The number of rotatable bonds is 3. The predicted molar refractivity (Wildman–Crippen MR) is 91.2 cm³/mol. The molecule has 0 amide bonds. The van der Waals surface area contributed by atoms with E-state index in [9.17, 15) is 14.0 Å². The lowest BCUT2D eigenvalue weighted by molar-refractivity contribution is -0.140. The number of benzene rings is 1. The fourth-order valence-electron chi connectivity index (χ4n) is 2.05. The Hall–Kier alpha value is -1.20. The maximum atomic E-state index is 13.9. The van der Waals surface area contributed by atoms with Crippen molar-refractivity contribution in [3.05, 3.63) is 37.3 Å². The van der Waals surface area contributed by atoms with Crippen LogP contribution in [-0.4, -0.2) is 39.5 Å². The summed E-state index contributed by atoms with van der Waals surface area (Å²) in [6.07, 6.45) is 0. The number of ether oxygens (including phenoxy) is 3. The van der Waals surface area contributed by atoms with Crippen LogP contribution >= 0.6 is 38.5 Å². The average Bonchev–Trinajstić information content (AvgIpc) is 2.56. The number of nitrogens with zero attached hydrogens (tertiary/aromatic N) is 1. The van der Waals surface area contributed by atoms with E-state index in [0.717, 1.165) is 0 Å². The molecule has 0 saturated carbocycles. The Morgan fingerprint density at radius 3 is 2.57 bits per heavy atom. The van der Waals surface area contributed by atoms with Crippen LogP contribution in [0.4, 0.5) is 10.1 Å². The lowest BCUT2D eigenvalue weighted by atomic mass is 10.1. The van der Waals surface area contributed by atoms with Gasteiger partial charge in [-0.2, -0.15) is 0 Å². The molecular weight excluding hydrogens is 488 g/mol. The van der Waals surface area contributed by atoms with E-state index in [-0.39, 0.29) is 24.6 Å². The zero-order valence-electron chi connectivity index (χ0n) is 12.2. The monoisotopic (exact) mass is 499 g/mol. The Bertz CT molecular complexity index is 694. The summed E-state index contributed by atoms with van der Waals surface area (Å²) >= 11 is 5.18. The highest BCUT2D eigenvalue weighted by Gasteiger charge is 2.33. The minimum Gasteiger partial charge on any atom is -0.466 e. The molecule has 0 spiro atoms. The Morgan fingerprint density at radius 2 is 1.96 bits per heavy atom. The third kappa shape index (κ3) is 3.66. The molecule has 6 nitrogen and oxygen atoms in total. The van der Waals surface area contributed by atoms with E-state index in [1.807, 2.05) is 22.6 Å². The number of carbonyl (C=O) groups excluding carboxylic acids is 2. The number of anilines is 1. The summed E-state index contributed by atoms with van der Waals surface area (Å²) < 4.78 is 29.6. The molecule has 0 radical (unpaired) electrons. The summed E-state index contributed by atoms with van der Waals surface area (Å²) in [6.45, 7) is -0.137. The summed E-state index contributed by atoms with van der Waals surface area (Å²) in [5.41, 5.74) is 0.313. The van der Waals surface area contributed by atoms with Crippen LogP contribution in [-0.2, 0) is 23.8 Å². The van der Waals surface area contributed by atoms with Gasteiger partial charge in [0.2, 0.25) is 0 Å². The number of hydrogen-bond acceptors (Lipinski definition) is 6. The van der Waals surface area contributed by atoms with Crippen LogP contribution in [0, 0.1) is 9.39 Å². The Kier molecular flexibility index (Phi) is 5.98. The second-order valence-corrected chi connectivity index (χ2v) is 6.45. The van der Waals surface area contributed by atoms with E-state index in [4.69, 9.17) is 9.47 Å². The minimum atomic E-state index is -0.737. The summed E-state index contributed by atoms with van der Waals surface area (Å²) in [4.78, 5) is 25.4. The van der Waals surface area contributed by atoms with Gasteiger partial charge in [-0.1, -0.05) is 0 Å². The summed E-state index contributed by atoms with van der Waals surface area (Å²) in [5, 5.41) is 0. The van der Waals surface area contributed by atoms with Crippen LogP contribution in [0.5, 0.6) is 0 Å². The molecule has 0 N–H and O–H groups in total. The van der Waals surface area contributed by atoms with Gasteiger partial charge in [-0.15, -0.1) is 0 Å². The van der Waals surface area contributed by atoms with E-state index < -0.39 is 17.8 Å². The highest BCUT2D eigenvalue weighted by molar-refractivity contribution is 14.1. The summed E-state index contributed by atoms with van der Waals surface area (Å²) in [7, 11) is 2.39. The SMILES string of the molecule is COC(=O)C1=C(C(=O)OC)N(c2cc(F)c(I)cc2Br)COC1. The van der Waals surface area contributed by atoms with Gasteiger partial charge < -0.3 is 19.1 Å². The average molecular weight is 500 g/mol. The van der Waals surface area contributed by atoms with Gasteiger partial charge in [0.1, 0.15) is 18.2 Å². The van der Waals surface area contributed by atoms with Crippen LogP contribution in [0.2, 0.25) is 0 Å². The van der Waals surface area contributed by atoms with Gasteiger partial charge in [-0.3, -0.25) is 0 Å². The van der Waals surface area contributed by atoms with Crippen molar-refractivity contribution in [2.24, 2.45) is 0 Å². The van der Waals surface area contributed by atoms with E-state index in [0.29, 0.717) is 13.7 Å². The fraction of sp³-hybridized carbons (Fsp3) is 0.286. The van der Waals surface area contributed by atoms with Crippen molar-refractivity contribution in [1.29, 1.82) is 0 Å². The molecule has 0 unspecified atom stereocenters. The number of hydrogen-bond donors (Lipinski definition) is 0. The van der Waals surface area contributed by atoms with Crippen LogP contribution in [0.15, 0.2) is 27.9 Å². The zero-order valence-corrected chi connectivity index (χ0v) is 15.9. The zero-order chi connectivity index (χ0) is 17.1. The first-order valence-electron chi connectivity index (χ1n) is 6.30. The second-order valence-electron chi connectivity index (χ2n) is 4.43. The van der Waals surface area contributed by atoms with Crippen LogP contribution in [0.1, 0.15) is 0 Å². The Balaban J connectivity index is 2.62. The van der Waals surface area contributed by atoms with Crippen molar-refractivity contribution in [3.63, 3.8) is 0 Å². The van der Waals surface area contributed by atoms with Gasteiger partial charge in [0, 0.05) is 4.47 Å². The van der Waals surface area contributed by atoms with E-state index in [1.54, 1.807) is 6.07 Å². The first kappa shape index (κ1) is 18.1. The highest BCUT2D eigenvalue weighted by Crippen LogP contribution is 2.34. The number of carbonyl (C=O) groups is 2. The molecule has 0 saturated heterocycles.